The number of nitrogens with zero attached hydrogens (tertiary/aromatic N) is 4. The maximum absolute atomic E-state index is 13.0. The molecule has 41 heavy (non-hydrogen) atoms. The highest BCUT2D eigenvalue weighted by atomic mass is 16.5. The van der Waals surface area contributed by atoms with E-state index in [2.05, 4.69) is 41.7 Å². The van der Waals surface area contributed by atoms with Gasteiger partial charge in [-0.05, 0) is 54.1 Å². The van der Waals surface area contributed by atoms with Crippen LogP contribution in [0.2, 0.25) is 0 Å². The number of nitrogens with one attached hydrogen (secondary N) is 3. The van der Waals surface area contributed by atoms with Crippen molar-refractivity contribution in [3.05, 3.63) is 90.4 Å². The molecule has 0 unspecified atom stereocenters. The average Bonchev–Trinajstić information content (AvgIpc) is 3.40. The van der Waals surface area contributed by atoms with Crippen LogP contribution in [0.5, 0.6) is 11.5 Å². The zero-order valence-electron chi connectivity index (χ0n) is 23.6. The van der Waals surface area contributed by atoms with Crippen LogP contribution < -0.4 is 20.7 Å². The molecule has 212 valence electrons. The van der Waals surface area contributed by atoms with Crippen LogP contribution in [0.25, 0.3) is 5.69 Å². The van der Waals surface area contributed by atoms with Gasteiger partial charge in [-0.2, -0.15) is 5.10 Å². The average molecular weight is 554 g/mol. The molecule has 1 aliphatic rings. The second-order valence-corrected chi connectivity index (χ2v) is 10.9. The summed E-state index contributed by atoms with van der Waals surface area (Å²) in [5.41, 5.74) is 2.95. The predicted molar refractivity (Wildman–Crippen MR) is 159 cm³/mol. The van der Waals surface area contributed by atoms with Crippen molar-refractivity contribution in [2.24, 2.45) is 0 Å². The molecule has 1 aliphatic heterocycles. The van der Waals surface area contributed by atoms with Crippen LogP contribution in [-0.2, 0) is 16.6 Å². The summed E-state index contributed by atoms with van der Waals surface area (Å²) in [7, 11) is 0. The number of rotatable bonds is 7. The van der Waals surface area contributed by atoms with Gasteiger partial charge in [-0.1, -0.05) is 32.9 Å². The molecule has 3 heterocycles. The number of hydrogen-bond donors (Lipinski definition) is 3. The first kappa shape index (κ1) is 27.9. The Hall–Kier alpha value is -4.70. The van der Waals surface area contributed by atoms with Crippen LogP contribution >= 0.6 is 0 Å². The molecular formula is C31H35N7O3. The van der Waals surface area contributed by atoms with Gasteiger partial charge in [0.15, 0.2) is 0 Å². The molecular weight excluding hydrogens is 518 g/mol. The van der Waals surface area contributed by atoms with Crippen molar-refractivity contribution in [2.75, 3.05) is 36.8 Å². The Balaban J connectivity index is 1.27. The minimum Gasteiger partial charge on any atom is -0.457 e. The highest BCUT2D eigenvalue weighted by molar-refractivity contribution is 5.99. The Labute approximate surface area is 239 Å². The summed E-state index contributed by atoms with van der Waals surface area (Å²) in [5, 5.41) is 13.9. The third-order valence-electron chi connectivity index (χ3n) is 6.72. The first-order valence-electron chi connectivity index (χ1n) is 13.7. The minimum absolute atomic E-state index is 0.129. The molecule has 3 N–H and O–H groups in total. The quantitative estimate of drug-likeness (QED) is 0.298. The summed E-state index contributed by atoms with van der Waals surface area (Å²) < 4.78 is 7.51. The second-order valence-electron chi connectivity index (χ2n) is 10.9. The van der Waals surface area contributed by atoms with E-state index in [0.717, 1.165) is 43.1 Å². The number of ether oxygens (including phenoxy) is 1. The van der Waals surface area contributed by atoms with Gasteiger partial charge in [-0.3, -0.25) is 15.1 Å². The molecule has 0 bridgehead atoms. The van der Waals surface area contributed by atoms with Crippen LogP contribution in [-0.4, -0.2) is 57.8 Å². The summed E-state index contributed by atoms with van der Waals surface area (Å²) in [6.45, 7) is 9.35. The molecule has 2 aromatic heterocycles. The highest BCUT2D eigenvalue weighted by Gasteiger charge is 2.22. The van der Waals surface area contributed by atoms with E-state index in [1.807, 2.05) is 35.2 Å². The van der Waals surface area contributed by atoms with Gasteiger partial charge < -0.3 is 20.3 Å². The second kappa shape index (κ2) is 12.2. The van der Waals surface area contributed by atoms with E-state index in [9.17, 15) is 9.59 Å². The number of carbonyl (C=O) groups is 2. The summed E-state index contributed by atoms with van der Waals surface area (Å²) in [5.74, 6) is 1.99. The van der Waals surface area contributed by atoms with Crippen molar-refractivity contribution in [3.63, 3.8) is 0 Å². The summed E-state index contributed by atoms with van der Waals surface area (Å²) in [6.07, 6.45) is 3.68. The molecule has 0 saturated carbocycles. The SMILES string of the molecule is CC(C)(C)c1cc(NC(=O)Nc2ccc(Oc3ccncc3)cc2)n(-c2ccc(CC(=O)N3CCNCC3)cc2)n1. The number of piperazine rings is 1. The van der Waals surface area contributed by atoms with Gasteiger partial charge in [0.1, 0.15) is 17.3 Å². The van der Waals surface area contributed by atoms with Crippen molar-refractivity contribution < 1.29 is 14.3 Å². The number of carbonyl (C=O) groups excluding carboxylic acids is 2. The van der Waals surface area contributed by atoms with Crippen molar-refractivity contribution in [1.82, 2.24) is 25.0 Å². The smallest absolute Gasteiger partial charge is 0.324 e. The third-order valence-corrected chi connectivity index (χ3v) is 6.72. The van der Waals surface area contributed by atoms with Crippen LogP contribution in [0.4, 0.5) is 16.3 Å². The number of amides is 3. The van der Waals surface area contributed by atoms with Gasteiger partial charge in [0, 0.05) is 55.7 Å². The van der Waals surface area contributed by atoms with Crippen molar-refractivity contribution in [2.45, 2.75) is 32.6 Å². The van der Waals surface area contributed by atoms with Crippen LogP contribution in [0.3, 0.4) is 0 Å². The van der Waals surface area contributed by atoms with E-state index >= 15 is 0 Å². The van der Waals surface area contributed by atoms with Gasteiger partial charge in [0.25, 0.3) is 0 Å². The maximum Gasteiger partial charge on any atom is 0.324 e. The number of anilines is 2. The fourth-order valence-electron chi connectivity index (χ4n) is 4.42. The fraction of sp³-hybridized carbons (Fsp3) is 0.290. The van der Waals surface area contributed by atoms with E-state index in [0.29, 0.717) is 29.4 Å². The van der Waals surface area contributed by atoms with Crippen molar-refractivity contribution in [3.8, 4) is 17.2 Å². The molecule has 0 atom stereocenters. The van der Waals surface area contributed by atoms with Gasteiger partial charge >= 0.3 is 6.03 Å². The standard InChI is InChI=1S/C31H35N7O3/c1-31(2,3)27-21-28(35-30(40)34-23-6-10-25(11-7-23)41-26-12-14-32-15-13-26)38(36-27)24-8-4-22(5-9-24)20-29(39)37-18-16-33-17-19-37/h4-15,21,33H,16-20H2,1-3H3,(H2,34,35,40). The highest BCUT2D eigenvalue weighted by Crippen LogP contribution is 2.27. The molecule has 0 radical (unpaired) electrons. The third kappa shape index (κ3) is 7.29. The lowest BCUT2D eigenvalue weighted by Gasteiger charge is -2.27. The van der Waals surface area contributed by atoms with E-state index < -0.39 is 6.03 Å². The monoisotopic (exact) mass is 553 g/mol. The summed E-state index contributed by atoms with van der Waals surface area (Å²) >= 11 is 0. The molecule has 3 amide bonds. The normalized spacial score (nSPS) is 13.5. The molecule has 10 nitrogen and oxygen atoms in total. The Bertz CT molecular complexity index is 1470. The lowest BCUT2D eigenvalue weighted by Crippen LogP contribution is -2.46. The molecule has 2 aromatic carbocycles. The van der Waals surface area contributed by atoms with Crippen molar-refractivity contribution >= 4 is 23.4 Å². The van der Waals surface area contributed by atoms with Crippen LogP contribution in [0, 0.1) is 0 Å². The fourth-order valence-corrected chi connectivity index (χ4v) is 4.42. The molecule has 4 aromatic rings. The Kier molecular flexibility index (Phi) is 8.30. The van der Waals surface area contributed by atoms with E-state index in [4.69, 9.17) is 9.84 Å². The number of pyridine rings is 1. The van der Waals surface area contributed by atoms with Gasteiger partial charge in [-0.15, -0.1) is 0 Å². The van der Waals surface area contributed by atoms with Gasteiger partial charge in [0.2, 0.25) is 5.91 Å². The zero-order chi connectivity index (χ0) is 28.8. The molecule has 5 rings (SSSR count). The molecule has 1 fully saturated rings. The van der Waals surface area contributed by atoms with E-state index in [1.54, 1.807) is 53.5 Å². The molecule has 1 saturated heterocycles. The largest absolute Gasteiger partial charge is 0.457 e. The molecule has 10 heteroatoms. The van der Waals surface area contributed by atoms with E-state index in [-0.39, 0.29) is 11.3 Å². The zero-order valence-corrected chi connectivity index (χ0v) is 23.6. The molecule has 0 aliphatic carbocycles. The number of benzene rings is 2. The molecule has 0 spiro atoms. The van der Waals surface area contributed by atoms with Gasteiger partial charge in [-0.25, -0.2) is 9.48 Å². The first-order valence-corrected chi connectivity index (χ1v) is 13.7. The summed E-state index contributed by atoms with van der Waals surface area (Å²) in [6, 6.07) is 19.9. The van der Waals surface area contributed by atoms with Crippen LogP contribution in [0.1, 0.15) is 32.0 Å². The lowest BCUT2D eigenvalue weighted by molar-refractivity contribution is -0.131. The Morgan fingerprint density at radius 3 is 2.22 bits per heavy atom. The van der Waals surface area contributed by atoms with Gasteiger partial charge in [0.05, 0.1) is 17.8 Å². The predicted octanol–water partition coefficient (Wildman–Crippen LogP) is 4.98. The summed E-state index contributed by atoms with van der Waals surface area (Å²) in [4.78, 5) is 31.5. The minimum atomic E-state index is -0.396. The Morgan fingerprint density at radius 2 is 1.56 bits per heavy atom. The maximum atomic E-state index is 13.0. The number of aromatic nitrogens is 3. The first-order chi connectivity index (χ1) is 19.7. The number of urea groups is 1. The number of hydrogen-bond acceptors (Lipinski definition) is 6. The van der Waals surface area contributed by atoms with E-state index in [1.165, 1.54) is 0 Å². The topological polar surface area (TPSA) is 113 Å². The van der Waals surface area contributed by atoms with Crippen LogP contribution in [0.15, 0.2) is 79.1 Å². The lowest BCUT2D eigenvalue weighted by atomic mass is 9.92. The van der Waals surface area contributed by atoms with Crippen molar-refractivity contribution in [1.29, 1.82) is 0 Å². The Morgan fingerprint density at radius 1 is 0.902 bits per heavy atom.